The Bertz CT molecular complexity index is 268. The third-order valence-electron chi connectivity index (χ3n) is 2.69. The van der Waals surface area contributed by atoms with Crippen molar-refractivity contribution in [3.8, 4) is 0 Å². The number of piperidine rings is 1. The summed E-state index contributed by atoms with van der Waals surface area (Å²) in [5, 5.41) is 0. The van der Waals surface area contributed by atoms with Crippen molar-refractivity contribution in [2.45, 2.75) is 12.8 Å². The summed E-state index contributed by atoms with van der Waals surface area (Å²) in [5.74, 6) is 0.489. The van der Waals surface area contributed by atoms with Gasteiger partial charge in [0.15, 0.2) is 0 Å². The Morgan fingerprint density at radius 1 is 1.36 bits per heavy atom. The van der Waals surface area contributed by atoms with Gasteiger partial charge in [-0.3, -0.25) is 0 Å². The molecule has 1 saturated heterocycles. The molecule has 0 aliphatic carbocycles. The maximum atomic E-state index is 11.7. The lowest BCUT2D eigenvalue weighted by Gasteiger charge is -2.32. The van der Waals surface area contributed by atoms with Crippen LogP contribution in [0.4, 0.5) is 0 Å². The zero-order valence-electron chi connectivity index (χ0n) is 8.81. The fraction of sp³-hybridized carbons (Fsp3) is 1.00. The predicted molar refractivity (Wildman–Crippen MR) is 56.0 cm³/mol. The van der Waals surface area contributed by atoms with Crippen LogP contribution in [0.5, 0.6) is 0 Å². The fourth-order valence-electron chi connectivity index (χ4n) is 1.61. The van der Waals surface area contributed by atoms with Gasteiger partial charge in [-0.1, -0.05) is 0 Å². The molecule has 0 saturated carbocycles. The molecule has 1 aliphatic rings. The molecule has 0 aromatic carbocycles. The van der Waals surface area contributed by atoms with Gasteiger partial charge in [0.2, 0.25) is 0 Å². The quantitative estimate of drug-likeness (QED) is 0.696. The van der Waals surface area contributed by atoms with Crippen molar-refractivity contribution in [3.05, 3.63) is 0 Å². The summed E-state index contributed by atoms with van der Waals surface area (Å²) in [7, 11) is -0.0860. The van der Waals surface area contributed by atoms with Crippen LogP contribution in [0.3, 0.4) is 0 Å². The van der Waals surface area contributed by atoms with Crippen LogP contribution in [0.2, 0.25) is 0 Å². The second-order valence-electron chi connectivity index (χ2n) is 3.87. The Morgan fingerprint density at radius 3 is 2.21 bits per heavy atom. The zero-order valence-corrected chi connectivity index (χ0v) is 9.63. The van der Waals surface area contributed by atoms with Gasteiger partial charge in [0.25, 0.3) is 10.2 Å². The number of rotatable bonds is 3. The molecule has 0 spiro atoms. The first-order chi connectivity index (χ1) is 6.48. The molecule has 0 bridgehead atoms. The summed E-state index contributed by atoms with van der Waals surface area (Å²) >= 11 is 0. The van der Waals surface area contributed by atoms with E-state index in [9.17, 15) is 8.42 Å². The van der Waals surface area contributed by atoms with Crippen molar-refractivity contribution in [1.82, 2.24) is 8.61 Å². The van der Waals surface area contributed by atoms with Crippen molar-refractivity contribution in [1.29, 1.82) is 0 Å². The summed E-state index contributed by atoms with van der Waals surface area (Å²) in [6.07, 6.45) is 1.76. The lowest BCUT2D eigenvalue weighted by atomic mass is 9.99. The van der Waals surface area contributed by atoms with E-state index in [-0.39, 0.29) is 0 Å². The minimum atomic E-state index is -3.21. The molecular formula is C8H19N3O2S. The van der Waals surface area contributed by atoms with Gasteiger partial charge in [-0.15, -0.1) is 0 Å². The minimum Gasteiger partial charge on any atom is -0.330 e. The van der Waals surface area contributed by atoms with Gasteiger partial charge in [0.05, 0.1) is 0 Å². The first-order valence-corrected chi connectivity index (χ1v) is 6.26. The molecular weight excluding hydrogens is 202 g/mol. The van der Waals surface area contributed by atoms with Gasteiger partial charge in [0.1, 0.15) is 0 Å². The van der Waals surface area contributed by atoms with Gasteiger partial charge < -0.3 is 5.73 Å². The molecule has 0 amide bonds. The number of nitrogens with two attached hydrogens (primary N) is 1. The van der Waals surface area contributed by atoms with Gasteiger partial charge in [-0.05, 0) is 25.3 Å². The topological polar surface area (TPSA) is 66.6 Å². The highest BCUT2D eigenvalue weighted by Crippen LogP contribution is 2.19. The second kappa shape index (κ2) is 4.57. The van der Waals surface area contributed by atoms with Crippen LogP contribution >= 0.6 is 0 Å². The Kier molecular flexibility index (Phi) is 3.88. The van der Waals surface area contributed by atoms with E-state index in [4.69, 9.17) is 5.73 Å². The van der Waals surface area contributed by atoms with E-state index in [1.54, 1.807) is 14.1 Å². The molecule has 0 radical (unpaired) electrons. The standard InChI is InChI=1S/C8H19N3O2S/c1-10(2)14(12,13)11-5-3-8(7-9)4-6-11/h8H,3-7,9H2,1-2H3. The van der Waals surface area contributed by atoms with E-state index < -0.39 is 10.2 Å². The van der Waals surface area contributed by atoms with Crippen LogP contribution in [0.15, 0.2) is 0 Å². The lowest BCUT2D eigenvalue weighted by Crippen LogP contribution is -2.45. The summed E-state index contributed by atoms with van der Waals surface area (Å²) in [6, 6.07) is 0. The van der Waals surface area contributed by atoms with E-state index in [2.05, 4.69) is 0 Å². The summed E-state index contributed by atoms with van der Waals surface area (Å²) in [4.78, 5) is 0. The average Bonchev–Trinajstić information content (AvgIpc) is 2.17. The SMILES string of the molecule is CN(C)S(=O)(=O)N1CCC(CN)CC1. The molecule has 1 aliphatic heterocycles. The molecule has 2 N–H and O–H groups in total. The predicted octanol–water partition coefficient (Wildman–Crippen LogP) is -0.536. The van der Waals surface area contributed by atoms with Crippen LogP contribution in [0.1, 0.15) is 12.8 Å². The summed E-state index contributed by atoms with van der Waals surface area (Å²) < 4.78 is 26.2. The van der Waals surface area contributed by atoms with E-state index >= 15 is 0 Å². The molecule has 6 heteroatoms. The maximum Gasteiger partial charge on any atom is 0.281 e. The smallest absolute Gasteiger partial charge is 0.281 e. The van der Waals surface area contributed by atoms with E-state index in [1.807, 2.05) is 0 Å². The van der Waals surface area contributed by atoms with Gasteiger partial charge in [-0.25, -0.2) is 0 Å². The van der Waals surface area contributed by atoms with Crippen LogP contribution in [0, 0.1) is 5.92 Å². The molecule has 14 heavy (non-hydrogen) atoms. The van der Waals surface area contributed by atoms with Crippen molar-refractivity contribution in [2.24, 2.45) is 11.7 Å². The minimum absolute atomic E-state index is 0.489. The second-order valence-corrected chi connectivity index (χ2v) is 6.01. The largest absolute Gasteiger partial charge is 0.330 e. The Morgan fingerprint density at radius 2 is 1.86 bits per heavy atom. The van der Waals surface area contributed by atoms with Gasteiger partial charge in [-0.2, -0.15) is 17.0 Å². The van der Waals surface area contributed by atoms with Crippen LogP contribution in [-0.2, 0) is 10.2 Å². The number of hydrogen-bond donors (Lipinski definition) is 1. The Hall–Kier alpha value is -0.170. The Balaban J connectivity index is 2.58. The summed E-state index contributed by atoms with van der Waals surface area (Å²) in [5.41, 5.74) is 5.54. The molecule has 5 nitrogen and oxygen atoms in total. The molecule has 0 atom stereocenters. The van der Waals surface area contributed by atoms with Crippen LogP contribution < -0.4 is 5.73 Å². The molecule has 0 unspecified atom stereocenters. The third kappa shape index (κ3) is 2.44. The first kappa shape index (κ1) is 11.9. The first-order valence-electron chi connectivity index (χ1n) is 4.86. The molecule has 0 aromatic heterocycles. The zero-order chi connectivity index (χ0) is 10.8. The average molecular weight is 221 g/mol. The summed E-state index contributed by atoms with van der Waals surface area (Å²) in [6.45, 7) is 1.86. The monoisotopic (exact) mass is 221 g/mol. The Labute approximate surface area is 86.0 Å². The van der Waals surface area contributed by atoms with Crippen molar-refractivity contribution < 1.29 is 8.42 Å². The number of hydrogen-bond acceptors (Lipinski definition) is 3. The molecule has 1 rings (SSSR count). The molecule has 0 aromatic rings. The van der Waals surface area contributed by atoms with Crippen molar-refractivity contribution >= 4 is 10.2 Å². The van der Waals surface area contributed by atoms with E-state index in [0.717, 1.165) is 12.8 Å². The fourth-order valence-corrected chi connectivity index (χ4v) is 2.74. The molecule has 84 valence electrons. The van der Waals surface area contributed by atoms with Crippen molar-refractivity contribution in [3.63, 3.8) is 0 Å². The molecule has 1 heterocycles. The maximum absolute atomic E-state index is 11.7. The van der Waals surface area contributed by atoms with Crippen molar-refractivity contribution in [2.75, 3.05) is 33.7 Å². The third-order valence-corrected chi connectivity index (χ3v) is 4.64. The van der Waals surface area contributed by atoms with E-state index in [0.29, 0.717) is 25.6 Å². The lowest BCUT2D eigenvalue weighted by molar-refractivity contribution is 0.267. The normalized spacial score (nSPS) is 21.7. The molecule has 1 fully saturated rings. The highest BCUT2D eigenvalue weighted by molar-refractivity contribution is 7.86. The van der Waals surface area contributed by atoms with E-state index in [1.165, 1.54) is 8.61 Å². The van der Waals surface area contributed by atoms with Crippen LogP contribution in [-0.4, -0.2) is 50.8 Å². The van der Waals surface area contributed by atoms with Gasteiger partial charge in [0, 0.05) is 27.2 Å². The highest BCUT2D eigenvalue weighted by atomic mass is 32.2. The highest BCUT2D eigenvalue weighted by Gasteiger charge is 2.28. The van der Waals surface area contributed by atoms with Crippen LogP contribution in [0.25, 0.3) is 0 Å². The van der Waals surface area contributed by atoms with Gasteiger partial charge >= 0.3 is 0 Å². The number of nitrogens with zero attached hydrogens (tertiary/aromatic N) is 2.